The Bertz CT molecular complexity index is 1630. The van der Waals surface area contributed by atoms with E-state index in [1.54, 1.807) is 0 Å². The molecule has 0 atom stereocenters. The molecule has 0 saturated carbocycles. The standard InChI is InChI=1S/C28H18/c1-2-10-20-18-28-26-16-8-6-14-24(26)22-12-4-3-11-21(22)23-13-5-7-15-25(23)27(28)17-19(20)9-1/h1-18H/b23-21-,24-22-,27-25-,28-26-. The number of fused-ring (bicyclic) bond motifs is 5. The van der Waals surface area contributed by atoms with Gasteiger partial charge in [-0.15, -0.1) is 0 Å². The summed E-state index contributed by atoms with van der Waals surface area (Å²) in [5, 5.41) is 12.9. The lowest BCUT2D eigenvalue weighted by molar-refractivity contribution is 1.29. The predicted octanol–water partition coefficient (Wildman–Crippen LogP) is 6.30. The van der Waals surface area contributed by atoms with Gasteiger partial charge in [0, 0.05) is 0 Å². The number of benzene rings is 5. The van der Waals surface area contributed by atoms with Crippen LogP contribution in [0.2, 0.25) is 0 Å². The Kier molecular flexibility index (Phi) is 3.27. The van der Waals surface area contributed by atoms with E-state index >= 15 is 0 Å². The molecule has 0 radical (unpaired) electrons. The number of hydrogen-bond donors (Lipinski definition) is 0. The zero-order chi connectivity index (χ0) is 18.5. The van der Waals surface area contributed by atoms with Crippen LogP contribution in [0.4, 0.5) is 0 Å². The predicted molar refractivity (Wildman–Crippen MR) is 114 cm³/mol. The second-order valence-electron chi connectivity index (χ2n) is 7.38. The Morgan fingerprint density at radius 2 is 0.500 bits per heavy atom. The van der Waals surface area contributed by atoms with Crippen molar-refractivity contribution in [2.45, 2.75) is 0 Å². The van der Waals surface area contributed by atoms with Crippen LogP contribution in [0.15, 0.2) is 109 Å². The highest BCUT2D eigenvalue weighted by Gasteiger charge is 2.01. The van der Waals surface area contributed by atoms with E-state index < -0.39 is 0 Å². The molecule has 0 heterocycles. The van der Waals surface area contributed by atoms with Gasteiger partial charge in [-0.25, -0.2) is 0 Å². The molecule has 0 spiro atoms. The van der Waals surface area contributed by atoms with Crippen LogP contribution in [0.3, 0.4) is 0 Å². The second-order valence-corrected chi connectivity index (χ2v) is 7.38. The first-order valence-electron chi connectivity index (χ1n) is 9.71. The molecule has 1 aliphatic rings. The fourth-order valence-electron chi connectivity index (χ4n) is 4.54. The lowest BCUT2D eigenvalue weighted by atomic mass is 9.99. The van der Waals surface area contributed by atoms with Crippen molar-refractivity contribution in [1.29, 1.82) is 0 Å². The van der Waals surface area contributed by atoms with Gasteiger partial charge in [-0.2, -0.15) is 0 Å². The SMILES string of the molecule is c1ccc2/c(c1)=c1/cccc/c1=c1\cc3ccccc3c\c1=c1/cccc/c1=2. The first-order valence-corrected chi connectivity index (χ1v) is 9.71. The van der Waals surface area contributed by atoms with Crippen molar-refractivity contribution in [3.05, 3.63) is 151 Å². The van der Waals surface area contributed by atoms with Gasteiger partial charge in [0.15, 0.2) is 0 Å². The van der Waals surface area contributed by atoms with Crippen LogP contribution in [-0.4, -0.2) is 0 Å². The fourth-order valence-corrected chi connectivity index (χ4v) is 4.54. The molecule has 0 amide bonds. The van der Waals surface area contributed by atoms with Gasteiger partial charge in [-0.3, -0.25) is 0 Å². The minimum atomic E-state index is 1.28. The molecule has 0 N–H and O–H groups in total. The molecule has 0 saturated heterocycles. The highest BCUT2D eigenvalue weighted by atomic mass is 14.1. The quantitative estimate of drug-likeness (QED) is 0.300. The van der Waals surface area contributed by atoms with Crippen LogP contribution < -0.4 is 0 Å². The third-order valence-electron chi connectivity index (χ3n) is 5.83. The monoisotopic (exact) mass is 354 g/mol. The maximum Gasteiger partial charge on any atom is -0.00926 e. The molecular formula is C28H18. The zero-order valence-electron chi connectivity index (χ0n) is 15.4. The fraction of sp³-hybridized carbons (Fsp3) is 0. The van der Waals surface area contributed by atoms with E-state index in [0.717, 1.165) is 0 Å². The van der Waals surface area contributed by atoms with E-state index in [2.05, 4.69) is 109 Å². The van der Waals surface area contributed by atoms with Crippen molar-refractivity contribution >= 4 is 10.8 Å². The van der Waals surface area contributed by atoms with E-state index in [1.807, 2.05) is 0 Å². The van der Waals surface area contributed by atoms with Gasteiger partial charge in [0.05, 0.1) is 0 Å². The molecule has 0 heteroatoms. The minimum Gasteiger partial charge on any atom is -0.0616 e. The zero-order valence-corrected chi connectivity index (χ0v) is 15.4. The summed E-state index contributed by atoms with van der Waals surface area (Å²) in [6, 6.07) is 39.7. The Balaban J connectivity index is 2.21. The van der Waals surface area contributed by atoms with Crippen LogP contribution in [-0.2, 0) is 0 Å². The molecule has 1 aliphatic carbocycles. The van der Waals surface area contributed by atoms with Gasteiger partial charge in [0.1, 0.15) is 0 Å². The Labute approximate surface area is 162 Å². The molecule has 0 nitrogen and oxygen atoms in total. The van der Waals surface area contributed by atoms with Crippen molar-refractivity contribution < 1.29 is 0 Å². The van der Waals surface area contributed by atoms with Crippen molar-refractivity contribution in [3.63, 3.8) is 0 Å². The normalized spacial score (nSPS) is 16.7. The van der Waals surface area contributed by atoms with Gasteiger partial charge in [-0.05, 0) is 64.7 Å². The molecule has 28 heavy (non-hydrogen) atoms. The Morgan fingerprint density at radius 1 is 0.250 bits per heavy atom. The molecular weight excluding hydrogens is 336 g/mol. The van der Waals surface area contributed by atoms with Gasteiger partial charge in [0.25, 0.3) is 0 Å². The average molecular weight is 354 g/mol. The van der Waals surface area contributed by atoms with Crippen LogP contribution in [0, 0.1) is 41.7 Å². The number of rotatable bonds is 0. The summed E-state index contributed by atoms with van der Waals surface area (Å²) in [6.07, 6.45) is 0. The molecule has 130 valence electrons. The average Bonchev–Trinajstić information content (AvgIpc) is 2.77. The molecule has 6 rings (SSSR count). The van der Waals surface area contributed by atoms with E-state index in [0.29, 0.717) is 0 Å². The molecule has 0 aromatic heterocycles. The van der Waals surface area contributed by atoms with Gasteiger partial charge < -0.3 is 0 Å². The largest absolute Gasteiger partial charge is 0.0616 e. The van der Waals surface area contributed by atoms with Crippen LogP contribution in [0.25, 0.3) is 10.8 Å². The maximum absolute atomic E-state index is 2.36. The first kappa shape index (κ1) is 15.4. The molecule has 0 unspecified atom stereocenters. The van der Waals surface area contributed by atoms with Crippen LogP contribution >= 0.6 is 0 Å². The molecule has 0 aliphatic heterocycles. The maximum atomic E-state index is 2.36. The van der Waals surface area contributed by atoms with E-state index in [-0.39, 0.29) is 0 Å². The Morgan fingerprint density at radius 3 is 0.821 bits per heavy atom. The molecule has 0 fully saturated rings. The lowest BCUT2D eigenvalue weighted by Crippen LogP contribution is -1.90. The van der Waals surface area contributed by atoms with Crippen LogP contribution in [0.1, 0.15) is 0 Å². The smallest absolute Gasteiger partial charge is 0.00926 e. The summed E-state index contributed by atoms with van der Waals surface area (Å²) in [5.41, 5.74) is 0. The minimum absolute atomic E-state index is 1.28. The van der Waals surface area contributed by atoms with Gasteiger partial charge in [-0.1, -0.05) is 97.1 Å². The Hall–Kier alpha value is -3.64. The highest BCUT2D eigenvalue weighted by Crippen LogP contribution is 2.19. The summed E-state index contributed by atoms with van der Waals surface area (Å²) in [4.78, 5) is 0. The summed E-state index contributed by atoms with van der Waals surface area (Å²) in [7, 11) is 0. The van der Waals surface area contributed by atoms with Crippen molar-refractivity contribution in [3.8, 4) is 0 Å². The van der Waals surface area contributed by atoms with Gasteiger partial charge >= 0.3 is 0 Å². The summed E-state index contributed by atoms with van der Waals surface area (Å²) >= 11 is 0. The third kappa shape index (κ3) is 2.18. The third-order valence-corrected chi connectivity index (χ3v) is 5.83. The van der Waals surface area contributed by atoms with E-state index in [9.17, 15) is 0 Å². The highest BCUT2D eigenvalue weighted by molar-refractivity contribution is 5.82. The van der Waals surface area contributed by atoms with Crippen molar-refractivity contribution in [1.82, 2.24) is 0 Å². The lowest BCUT2D eigenvalue weighted by Gasteiger charge is -2.04. The van der Waals surface area contributed by atoms with E-state index in [4.69, 9.17) is 0 Å². The molecule has 0 bridgehead atoms. The molecule has 5 aromatic carbocycles. The summed E-state index contributed by atoms with van der Waals surface area (Å²) < 4.78 is 0. The molecule has 5 aromatic rings. The number of hydrogen-bond acceptors (Lipinski definition) is 0. The van der Waals surface area contributed by atoms with Crippen LogP contribution in [0.5, 0.6) is 0 Å². The first-order chi connectivity index (χ1) is 13.9. The van der Waals surface area contributed by atoms with Gasteiger partial charge in [0.2, 0.25) is 0 Å². The second kappa shape index (κ2) is 5.94. The summed E-state index contributed by atoms with van der Waals surface area (Å²) in [5.74, 6) is 0. The topological polar surface area (TPSA) is 0 Å². The van der Waals surface area contributed by atoms with E-state index in [1.165, 1.54) is 52.5 Å². The van der Waals surface area contributed by atoms with Crippen molar-refractivity contribution in [2.24, 2.45) is 0 Å². The summed E-state index contributed by atoms with van der Waals surface area (Å²) in [6.45, 7) is 0. The van der Waals surface area contributed by atoms with Crippen molar-refractivity contribution in [2.75, 3.05) is 0 Å².